The molecule has 3 unspecified atom stereocenters. The van der Waals surface area contributed by atoms with Gasteiger partial charge in [-0.15, -0.1) is 0 Å². The molecule has 0 radical (unpaired) electrons. The van der Waals surface area contributed by atoms with Gasteiger partial charge in [0, 0.05) is 38.2 Å². The van der Waals surface area contributed by atoms with E-state index in [2.05, 4.69) is 10.6 Å². The molecule has 1 saturated heterocycles. The van der Waals surface area contributed by atoms with Crippen LogP contribution in [0.4, 0.5) is 8.78 Å². The average Bonchev–Trinajstić information content (AvgIpc) is 3.45. The molecule has 1 heterocycles. The highest BCUT2D eigenvalue weighted by Crippen LogP contribution is 2.24. The Balaban J connectivity index is 2.11. The molecule has 0 aliphatic carbocycles. The van der Waals surface area contributed by atoms with Gasteiger partial charge in [-0.1, -0.05) is 40.0 Å². The number of halogens is 2. The lowest BCUT2D eigenvalue weighted by Gasteiger charge is -2.36. The number of rotatable bonds is 15. The van der Waals surface area contributed by atoms with Crippen LogP contribution >= 0.6 is 0 Å². The van der Waals surface area contributed by atoms with Crippen molar-refractivity contribution >= 4 is 29.5 Å². The summed E-state index contributed by atoms with van der Waals surface area (Å²) < 4.78 is 26.9. The number of unbranched alkanes of at least 4 members (excludes halogenated alkanes) is 2. The fourth-order valence-corrected chi connectivity index (χ4v) is 5.12. The molecular formula is C29H43F2N5O6. The predicted octanol–water partition coefficient (Wildman–Crippen LogP) is 2.52. The van der Waals surface area contributed by atoms with E-state index in [1.165, 1.54) is 17.4 Å². The summed E-state index contributed by atoms with van der Waals surface area (Å²) in [6.07, 6.45) is 4.52. The maximum atomic E-state index is 13.6. The van der Waals surface area contributed by atoms with Crippen LogP contribution in [0, 0.1) is 17.6 Å². The van der Waals surface area contributed by atoms with Gasteiger partial charge in [-0.3, -0.25) is 29.2 Å². The molecule has 0 bridgehead atoms. The molecule has 4 atom stereocenters. The van der Waals surface area contributed by atoms with Gasteiger partial charge in [0.2, 0.25) is 17.7 Å². The van der Waals surface area contributed by atoms with Crippen molar-refractivity contribution in [3.8, 4) is 0 Å². The molecule has 1 aliphatic heterocycles. The zero-order chi connectivity index (χ0) is 31.4. The monoisotopic (exact) mass is 595 g/mol. The van der Waals surface area contributed by atoms with E-state index in [1.807, 2.05) is 13.8 Å². The molecule has 0 aromatic heterocycles. The Morgan fingerprint density at radius 2 is 1.74 bits per heavy atom. The summed E-state index contributed by atoms with van der Waals surface area (Å²) in [6, 6.07) is -0.635. The zero-order valence-corrected chi connectivity index (χ0v) is 24.8. The Kier molecular flexibility index (Phi) is 13.8. The average molecular weight is 596 g/mol. The number of hydrogen-bond acceptors (Lipinski definition) is 6. The van der Waals surface area contributed by atoms with Crippen LogP contribution in [0.25, 0.3) is 0 Å². The van der Waals surface area contributed by atoms with Crippen molar-refractivity contribution in [3.63, 3.8) is 0 Å². The number of carbonyl (C=O) groups excluding carboxylic acids is 5. The summed E-state index contributed by atoms with van der Waals surface area (Å²) in [5.74, 6) is -5.03. The molecule has 0 spiro atoms. The Morgan fingerprint density at radius 3 is 2.33 bits per heavy atom. The SMILES string of the molecule is CCCCCC(=O)N1CCC[C@H]1C(=O)N(C)C(C(=O)NC(CCNC(=O)c1cc(F)cc(F)c1)C(=O)NO)C(C)CC. The van der Waals surface area contributed by atoms with E-state index >= 15 is 0 Å². The molecule has 4 N–H and O–H groups in total. The minimum absolute atomic E-state index is 0.0834. The van der Waals surface area contributed by atoms with Crippen LogP contribution in [0.5, 0.6) is 0 Å². The van der Waals surface area contributed by atoms with Gasteiger partial charge in [0.25, 0.3) is 11.8 Å². The third-order valence-electron chi connectivity index (χ3n) is 7.66. The first-order chi connectivity index (χ1) is 19.9. The molecule has 2 rings (SSSR count). The third kappa shape index (κ3) is 9.47. The van der Waals surface area contributed by atoms with Crippen LogP contribution in [-0.4, -0.2) is 82.8 Å². The molecule has 13 heteroatoms. The number of nitrogens with one attached hydrogen (secondary N) is 3. The van der Waals surface area contributed by atoms with Crippen molar-refractivity contribution in [1.82, 2.24) is 25.9 Å². The van der Waals surface area contributed by atoms with Crippen molar-refractivity contribution in [1.29, 1.82) is 0 Å². The second-order valence-electron chi connectivity index (χ2n) is 10.7. The fraction of sp³-hybridized carbons (Fsp3) is 0.621. The third-order valence-corrected chi connectivity index (χ3v) is 7.66. The smallest absolute Gasteiger partial charge is 0.265 e. The topological polar surface area (TPSA) is 148 Å². The number of amides is 5. The maximum absolute atomic E-state index is 13.6. The minimum Gasteiger partial charge on any atom is -0.352 e. The fourth-order valence-electron chi connectivity index (χ4n) is 5.12. The molecule has 1 aliphatic rings. The lowest BCUT2D eigenvalue weighted by Crippen LogP contribution is -2.58. The van der Waals surface area contributed by atoms with Crippen molar-refractivity contribution < 1.29 is 38.0 Å². The number of hydrogen-bond donors (Lipinski definition) is 4. The highest BCUT2D eigenvalue weighted by atomic mass is 19.1. The van der Waals surface area contributed by atoms with Crippen LogP contribution in [-0.2, 0) is 19.2 Å². The Labute approximate surface area is 245 Å². The van der Waals surface area contributed by atoms with Gasteiger partial charge in [-0.2, -0.15) is 0 Å². The van der Waals surface area contributed by atoms with E-state index in [9.17, 15) is 38.0 Å². The van der Waals surface area contributed by atoms with Gasteiger partial charge < -0.3 is 20.4 Å². The molecule has 0 saturated carbocycles. The molecule has 11 nitrogen and oxygen atoms in total. The standard InChI is InChI=1S/C29H43F2N5O6/c1-5-7-8-11-24(37)36-14-9-10-23(36)29(41)35(4)25(18(3)6-2)28(40)33-22(27(39)34-42)12-13-32-26(38)19-15-20(30)17-21(31)16-19/h15-18,22-23,25,42H,5-14H2,1-4H3,(H,32,38)(H,33,40)(H,34,39)/t18?,22?,23-,25?/m0/s1. The predicted molar refractivity (Wildman–Crippen MR) is 150 cm³/mol. The summed E-state index contributed by atoms with van der Waals surface area (Å²) >= 11 is 0. The van der Waals surface area contributed by atoms with Gasteiger partial charge in [0.15, 0.2) is 0 Å². The van der Waals surface area contributed by atoms with Crippen LogP contribution in [0.3, 0.4) is 0 Å². The second-order valence-corrected chi connectivity index (χ2v) is 10.7. The van der Waals surface area contributed by atoms with Crippen molar-refractivity contribution in [2.75, 3.05) is 20.1 Å². The van der Waals surface area contributed by atoms with E-state index in [0.29, 0.717) is 38.3 Å². The molecule has 42 heavy (non-hydrogen) atoms. The zero-order valence-electron chi connectivity index (χ0n) is 24.8. The van der Waals surface area contributed by atoms with E-state index in [1.54, 1.807) is 11.8 Å². The molecule has 5 amide bonds. The first-order valence-corrected chi connectivity index (χ1v) is 14.5. The number of benzene rings is 1. The van der Waals surface area contributed by atoms with Crippen molar-refractivity contribution in [2.24, 2.45) is 5.92 Å². The molecular weight excluding hydrogens is 552 g/mol. The Morgan fingerprint density at radius 1 is 1.07 bits per heavy atom. The van der Waals surface area contributed by atoms with Gasteiger partial charge in [-0.25, -0.2) is 14.3 Å². The highest BCUT2D eigenvalue weighted by molar-refractivity contribution is 5.95. The number of carbonyl (C=O) groups is 5. The quantitative estimate of drug-likeness (QED) is 0.139. The summed E-state index contributed by atoms with van der Waals surface area (Å²) in [4.78, 5) is 67.5. The van der Waals surface area contributed by atoms with Crippen LogP contribution in [0.15, 0.2) is 18.2 Å². The molecule has 1 aromatic rings. The second kappa shape index (κ2) is 16.7. The lowest BCUT2D eigenvalue weighted by atomic mass is 9.95. The van der Waals surface area contributed by atoms with E-state index in [4.69, 9.17) is 0 Å². The summed E-state index contributed by atoms with van der Waals surface area (Å²) in [6.45, 7) is 5.97. The maximum Gasteiger partial charge on any atom is 0.265 e. The van der Waals surface area contributed by atoms with E-state index in [0.717, 1.165) is 31.4 Å². The summed E-state index contributed by atoms with van der Waals surface area (Å²) in [5, 5.41) is 14.2. The summed E-state index contributed by atoms with van der Waals surface area (Å²) in [5.41, 5.74) is 1.22. The number of likely N-dealkylation sites (N-methyl/N-ethyl adjacent to an activating group) is 1. The van der Waals surface area contributed by atoms with Crippen molar-refractivity contribution in [3.05, 3.63) is 35.4 Å². The first kappa shape index (κ1) is 34.6. The van der Waals surface area contributed by atoms with Gasteiger partial charge >= 0.3 is 0 Å². The summed E-state index contributed by atoms with van der Waals surface area (Å²) in [7, 11) is 1.50. The lowest BCUT2D eigenvalue weighted by molar-refractivity contribution is -0.148. The van der Waals surface area contributed by atoms with Crippen molar-refractivity contribution in [2.45, 2.75) is 90.3 Å². The first-order valence-electron chi connectivity index (χ1n) is 14.5. The van der Waals surface area contributed by atoms with E-state index < -0.39 is 47.5 Å². The number of likely N-dealkylation sites (tertiary alicyclic amines) is 1. The Bertz CT molecular complexity index is 1100. The van der Waals surface area contributed by atoms with Crippen LogP contribution in [0.2, 0.25) is 0 Å². The van der Waals surface area contributed by atoms with Gasteiger partial charge in [0.05, 0.1) is 0 Å². The van der Waals surface area contributed by atoms with Crippen LogP contribution < -0.4 is 16.1 Å². The van der Waals surface area contributed by atoms with Gasteiger partial charge in [0.1, 0.15) is 29.8 Å². The normalized spacial score (nSPS) is 16.7. The highest BCUT2D eigenvalue weighted by Gasteiger charge is 2.40. The Hall–Kier alpha value is -3.61. The molecule has 1 fully saturated rings. The minimum atomic E-state index is -1.30. The van der Waals surface area contributed by atoms with E-state index in [-0.39, 0.29) is 36.3 Å². The van der Waals surface area contributed by atoms with Crippen LogP contribution in [0.1, 0.15) is 82.5 Å². The van der Waals surface area contributed by atoms with Gasteiger partial charge in [-0.05, 0) is 43.7 Å². The number of nitrogens with zero attached hydrogens (tertiary/aromatic N) is 2. The number of hydroxylamine groups is 1. The largest absolute Gasteiger partial charge is 0.352 e. The molecule has 1 aromatic carbocycles. The molecule has 234 valence electrons.